The van der Waals surface area contributed by atoms with E-state index in [0.29, 0.717) is 0 Å². The monoisotopic (exact) mass is 788 g/mol. The molecule has 0 bridgehead atoms. The number of carbonyl (C=O) groups is 5. The van der Waals surface area contributed by atoms with Gasteiger partial charge < -0.3 is 9.47 Å². The van der Waals surface area contributed by atoms with E-state index >= 15 is 0 Å². The summed E-state index contributed by atoms with van der Waals surface area (Å²) in [4.78, 5) is 53.4. The molecule has 292 valence electrons. The minimum atomic E-state index is -6.38. The second-order valence-electron chi connectivity index (χ2n) is 10.0. The predicted octanol–water partition coefficient (Wildman–Crippen LogP) is 6.19. The summed E-state index contributed by atoms with van der Waals surface area (Å²) in [6.07, 6.45) is -43.8. The van der Waals surface area contributed by atoms with E-state index < -0.39 is 119 Å². The Morgan fingerprint density at radius 3 is 1.24 bits per heavy atom. The third-order valence-corrected chi connectivity index (χ3v) is 5.90. The van der Waals surface area contributed by atoms with E-state index in [1.807, 2.05) is 0 Å². The lowest BCUT2D eigenvalue weighted by atomic mass is 10.1. The zero-order valence-corrected chi connectivity index (χ0v) is 24.1. The van der Waals surface area contributed by atoms with Crippen molar-refractivity contribution in [1.82, 2.24) is 9.80 Å². The number of nitrogens with zero attached hydrogens (tertiary/aromatic N) is 2. The molecular weight excluding hydrogens is 772 g/mol. The number of halogens is 20. The molecule has 1 heterocycles. The normalized spacial score (nSPS) is 18.8. The number of hydrogen-bond acceptors (Lipinski definition) is 7. The number of urea groups is 1. The van der Waals surface area contributed by atoms with Gasteiger partial charge in [-0.05, 0) is 27.7 Å². The van der Waals surface area contributed by atoms with Crippen LogP contribution in [0.1, 0.15) is 27.7 Å². The first kappa shape index (κ1) is 46.1. The van der Waals surface area contributed by atoms with Gasteiger partial charge in [-0.3, -0.25) is 9.59 Å². The molecule has 9 nitrogen and oxygen atoms in total. The van der Waals surface area contributed by atoms with Crippen molar-refractivity contribution in [3.8, 4) is 0 Å². The minimum absolute atomic E-state index is 0.0205. The zero-order valence-electron chi connectivity index (χ0n) is 24.1. The summed E-state index contributed by atoms with van der Waals surface area (Å²) in [6.45, 7) is -0.230. The molecule has 0 aromatic heterocycles. The van der Waals surface area contributed by atoms with Gasteiger partial charge in [0, 0.05) is 0 Å². The molecule has 0 N–H and O–H groups in total. The van der Waals surface area contributed by atoms with Gasteiger partial charge in [-0.2, -0.15) is 79.0 Å². The van der Waals surface area contributed by atoms with E-state index in [9.17, 15) is 112 Å². The molecule has 50 heavy (non-hydrogen) atoms. The minimum Gasteiger partial charge on any atom is -0.447 e. The van der Waals surface area contributed by atoms with Gasteiger partial charge in [-0.25, -0.2) is 33.0 Å². The van der Waals surface area contributed by atoms with Gasteiger partial charge in [0.15, 0.2) is 0 Å². The number of amides is 4. The van der Waals surface area contributed by atoms with Crippen molar-refractivity contribution in [3.05, 3.63) is 0 Å². The highest BCUT2D eigenvalue weighted by Gasteiger charge is 2.72. The molecule has 0 spiro atoms. The van der Waals surface area contributed by atoms with Crippen LogP contribution >= 0.6 is 0 Å². The maximum Gasteiger partial charge on any atom is 0.437 e. The van der Waals surface area contributed by atoms with E-state index in [2.05, 4.69) is 9.47 Å². The molecule has 4 amide bonds. The Kier molecular flexibility index (Phi) is 13.0. The highest BCUT2D eigenvalue weighted by Crippen LogP contribution is 2.46. The SMILES string of the molecule is CC(C)(OC(=O)C(F)C(=O)OC(C)(C(F)(F)F)C(F)(F)F)C(F)(F)F.CC(N1C(=O)C(F)C(=O)N(C(C(F)(F)F)C(F)(F)F)C1=O)C(F)(F)F. The lowest BCUT2D eigenvalue weighted by Crippen LogP contribution is -2.71. The van der Waals surface area contributed by atoms with Gasteiger partial charge in [-0.15, -0.1) is 0 Å². The summed E-state index contributed by atoms with van der Waals surface area (Å²) in [6, 6.07) is -11.1. The Labute approximate surface area is 262 Å². The standard InChI is InChI=1S/C11H10F10O4.C10H6F10N2O3/c1-7(2,9(13,14)15)24-5(22)4(12)6(23)25-8(3,10(16,17)18)11(19,20)21;1-2(8(12,13)14)21-4(23)3(11)5(24)22(7(21)25)6(9(15,16)17)10(18,19)20/h4H,1-3H3;2-3,6H,1H3. The number of barbiturate groups is 1. The Balaban J connectivity index is 0.000000960. The van der Waals surface area contributed by atoms with Crippen molar-refractivity contribution in [3.63, 3.8) is 0 Å². The smallest absolute Gasteiger partial charge is 0.437 e. The van der Waals surface area contributed by atoms with Gasteiger partial charge >= 0.3 is 55.0 Å². The quantitative estimate of drug-likeness (QED) is 0.179. The fraction of sp³-hybridized carbons (Fsp3) is 0.762. The molecule has 1 rings (SSSR count). The molecule has 1 aliphatic heterocycles. The molecule has 1 saturated heterocycles. The van der Waals surface area contributed by atoms with Gasteiger partial charge in [0.05, 0.1) is 0 Å². The summed E-state index contributed by atoms with van der Waals surface area (Å²) in [7, 11) is 0. The largest absolute Gasteiger partial charge is 0.447 e. The number of ether oxygens (including phenoxy) is 2. The molecule has 0 radical (unpaired) electrons. The Bertz CT molecular complexity index is 1270. The van der Waals surface area contributed by atoms with Crippen molar-refractivity contribution in [2.24, 2.45) is 0 Å². The molecule has 0 saturated carbocycles. The van der Waals surface area contributed by atoms with E-state index in [1.165, 1.54) is 0 Å². The molecule has 3 unspecified atom stereocenters. The maximum atomic E-state index is 13.5. The molecule has 0 aliphatic carbocycles. The summed E-state index contributed by atoms with van der Waals surface area (Å²) in [5.41, 5.74) is -8.56. The van der Waals surface area contributed by atoms with E-state index in [1.54, 1.807) is 0 Å². The number of imide groups is 2. The molecule has 0 aromatic rings. The van der Waals surface area contributed by atoms with Crippen molar-refractivity contribution in [2.45, 2.75) is 100 Å². The van der Waals surface area contributed by atoms with Gasteiger partial charge in [0.2, 0.25) is 11.6 Å². The summed E-state index contributed by atoms with van der Waals surface area (Å²) >= 11 is 0. The molecule has 0 aromatic carbocycles. The Morgan fingerprint density at radius 2 is 0.940 bits per heavy atom. The first-order valence-corrected chi connectivity index (χ1v) is 11.9. The fourth-order valence-corrected chi connectivity index (χ4v) is 2.86. The predicted molar refractivity (Wildman–Crippen MR) is 113 cm³/mol. The fourth-order valence-electron chi connectivity index (χ4n) is 2.86. The lowest BCUT2D eigenvalue weighted by Gasteiger charge is -2.41. The lowest BCUT2D eigenvalue weighted by molar-refractivity contribution is -0.363. The van der Waals surface area contributed by atoms with Crippen LogP contribution < -0.4 is 0 Å². The van der Waals surface area contributed by atoms with Crippen LogP contribution in [0.15, 0.2) is 0 Å². The molecule has 3 atom stereocenters. The summed E-state index contributed by atoms with van der Waals surface area (Å²) < 4.78 is 259. The van der Waals surface area contributed by atoms with Gasteiger partial charge in [0.1, 0.15) is 6.04 Å². The zero-order chi connectivity index (χ0) is 40.8. The number of alkyl halides is 20. The third kappa shape index (κ3) is 9.89. The average molecular weight is 788 g/mol. The second kappa shape index (κ2) is 14.0. The first-order valence-electron chi connectivity index (χ1n) is 11.9. The van der Waals surface area contributed by atoms with E-state index in [0.717, 1.165) is 0 Å². The Hall–Kier alpha value is -3.85. The maximum absolute atomic E-state index is 13.5. The summed E-state index contributed by atoms with van der Waals surface area (Å²) in [5, 5.41) is 0. The third-order valence-electron chi connectivity index (χ3n) is 5.90. The van der Waals surface area contributed by atoms with Crippen LogP contribution in [0.5, 0.6) is 0 Å². The average Bonchev–Trinajstić information content (AvgIpc) is 2.85. The molecule has 1 aliphatic rings. The Morgan fingerprint density at radius 1 is 0.600 bits per heavy atom. The van der Waals surface area contributed by atoms with Crippen LogP contribution in [0.4, 0.5) is 92.6 Å². The number of rotatable bonds is 6. The topological polar surface area (TPSA) is 110 Å². The van der Waals surface area contributed by atoms with Crippen LogP contribution in [-0.4, -0.2) is 112 Å². The molecule has 29 heteroatoms. The van der Waals surface area contributed by atoms with Crippen LogP contribution in [0, 0.1) is 0 Å². The van der Waals surface area contributed by atoms with E-state index in [-0.39, 0.29) is 20.8 Å². The van der Waals surface area contributed by atoms with Crippen LogP contribution in [0.3, 0.4) is 0 Å². The summed E-state index contributed by atoms with van der Waals surface area (Å²) in [5.74, 6) is -11.1. The highest BCUT2D eigenvalue weighted by atomic mass is 19.4. The van der Waals surface area contributed by atoms with Crippen molar-refractivity contribution < 1.29 is 121 Å². The number of hydrogen-bond donors (Lipinski definition) is 0. The van der Waals surface area contributed by atoms with Crippen molar-refractivity contribution in [1.29, 1.82) is 0 Å². The second-order valence-corrected chi connectivity index (χ2v) is 10.0. The van der Waals surface area contributed by atoms with Crippen LogP contribution in [-0.2, 0) is 28.7 Å². The van der Waals surface area contributed by atoms with Gasteiger partial charge in [0.25, 0.3) is 29.8 Å². The van der Waals surface area contributed by atoms with Gasteiger partial charge in [-0.1, -0.05) is 0 Å². The van der Waals surface area contributed by atoms with E-state index in [4.69, 9.17) is 0 Å². The first-order chi connectivity index (χ1) is 21.6. The molecular formula is C21H16F20N2O7. The number of esters is 2. The number of carbonyl (C=O) groups excluding carboxylic acids is 5. The molecule has 1 fully saturated rings. The highest BCUT2D eigenvalue weighted by molar-refractivity contribution is 6.18. The van der Waals surface area contributed by atoms with Crippen LogP contribution in [0.2, 0.25) is 0 Å². The van der Waals surface area contributed by atoms with Crippen molar-refractivity contribution >= 4 is 29.8 Å². The van der Waals surface area contributed by atoms with Crippen LogP contribution in [0.25, 0.3) is 0 Å². The van der Waals surface area contributed by atoms with Crippen molar-refractivity contribution in [2.75, 3.05) is 0 Å².